The number of nitrogens with zero attached hydrogens (tertiary/aromatic N) is 2. The van der Waals surface area contributed by atoms with Crippen LogP contribution in [0.4, 0.5) is 0 Å². The molecular weight excluding hydrogens is 336 g/mol. The molecule has 0 aliphatic carbocycles. The monoisotopic (exact) mass is 368 g/mol. The highest BCUT2D eigenvalue weighted by atomic mass is 16.5. The number of morpholine rings is 1. The summed E-state index contributed by atoms with van der Waals surface area (Å²) >= 11 is 0. The summed E-state index contributed by atoms with van der Waals surface area (Å²) in [5, 5.41) is 0. The summed E-state index contributed by atoms with van der Waals surface area (Å²) in [5.74, 6) is 1.08. The lowest BCUT2D eigenvalue weighted by molar-refractivity contribution is -0.0557. The average Bonchev–Trinajstić information content (AvgIpc) is 3.23. The van der Waals surface area contributed by atoms with Gasteiger partial charge in [-0.25, -0.2) is 0 Å². The summed E-state index contributed by atoms with van der Waals surface area (Å²) in [7, 11) is 0. The number of aryl methyl sites for hydroxylation is 1. The van der Waals surface area contributed by atoms with E-state index in [1.165, 1.54) is 44.3 Å². The second kappa shape index (κ2) is 9.54. The molecule has 0 radical (unpaired) electrons. The minimum Gasteiger partial charge on any atom is -0.468 e. The fourth-order valence-electron chi connectivity index (χ4n) is 4.49. The molecule has 1 aromatic heterocycles. The summed E-state index contributed by atoms with van der Waals surface area (Å²) in [4.78, 5) is 5.22. The predicted octanol–water partition coefficient (Wildman–Crippen LogP) is 3.97. The van der Waals surface area contributed by atoms with Crippen molar-refractivity contribution in [3.63, 3.8) is 0 Å². The number of rotatable bonds is 7. The van der Waals surface area contributed by atoms with Gasteiger partial charge in [0.2, 0.25) is 0 Å². The van der Waals surface area contributed by atoms with Crippen LogP contribution in [0.2, 0.25) is 0 Å². The maximum absolute atomic E-state index is 6.06. The topological polar surface area (TPSA) is 28.9 Å². The molecule has 0 saturated carbocycles. The van der Waals surface area contributed by atoms with E-state index in [1.807, 2.05) is 6.07 Å². The lowest BCUT2D eigenvalue weighted by Crippen LogP contribution is -2.51. The van der Waals surface area contributed by atoms with Crippen molar-refractivity contribution in [1.29, 1.82) is 0 Å². The quantitative estimate of drug-likeness (QED) is 0.739. The number of likely N-dealkylation sites (tertiary alicyclic amines) is 1. The first-order chi connectivity index (χ1) is 13.4. The van der Waals surface area contributed by atoms with Gasteiger partial charge in [0.05, 0.1) is 25.5 Å². The molecule has 2 saturated heterocycles. The molecule has 0 amide bonds. The lowest BCUT2D eigenvalue weighted by atomic mass is 10.00. The zero-order valence-corrected chi connectivity index (χ0v) is 16.3. The highest BCUT2D eigenvalue weighted by molar-refractivity contribution is 5.14. The van der Waals surface area contributed by atoms with Gasteiger partial charge in [-0.1, -0.05) is 30.3 Å². The Morgan fingerprint density at radius 3 is 2.59 bits per heavy atom. The van der Waals surface area contributed by atoms with E-state index in [-0.39, 0.29) is 0 Å². The van der Waals surface area contributed by atoms with E-state index in [0.29, 0.717) is 6.10 Å². The third-order valence-corrected chi connectivity index (χ3v) is 6.04. The molecule has 0 spiro atoms. The minimum absolute atomic E-state index is 0.406. The van der Waals surface area contributed by atoms with Gasteiger partial charge in [-0.3, -0.25) is 9.80 Å². The van der Waals surface area contributed by atoms with Gasteiger partial charge in [0.15, 0.2) is 0 Å². The number of benzene rings is 1. The van der Waals surface area contributed by atoms with E-state index in [1.54, 1.807) is 6.26 Å². The smallest absolute Gasteiger partial charge is 0.117 e. The van der Waals surface area contributed by atoms with Gasteiger partial charge in [-0.05, 0) is 49.8 Å². The summed E-state index contributed by atoms with van der Waals surface area (Å²) in [5.41, 5.74) is 1.44. The van der Waals surface area contributed by atoms with Crippen molar-refractivity contribution in [2.24, 2.45) is 0 Å². The molecule has 3 heterocycles. The molecule has 4 rings (SSSR count). The van der Waals surface area contributed by atoms with Crippen LogP contribution < -0.4 is 0 Å². The Balaban J connectivity index is 1.18. The molecule has 146 valence electrons. The predicted molar refractivity (Wildman–Crippen MR) is 108 cm³/mol. The number of hydrogen-bond acceptors (Lipinski definition) is 4. The number of furan rings is 1. The van der Waals surface area contributed by atoms with Crippen LogP contribution in [0.5, 0.6) is 0 Å². The van der Waals surface area contributed by atoms with Gasteiger partial charge in [0.25, 0.3) is 0 Å². The molecular formula is C23H32N2O2. The van der Waals surface area contributed by atoms with Gasteiger partial charge in [0, 0.05) is 32.2 Å². The Kier molecular flexibility index (Phi) is 6.62. The van der Waals surface area contributed by atoms with Gasteiger partial charge >= 0.3 is 0 Å². The van der Waals surface area contributed by atoms with Crippen molar-refractivity contribution >= 4 is 0 Å². The zero-order chi connectivity index (χ0) is 18.3. The van der Waals surface area contributed by atoms with Crippen LogP contribution in [0, 0.1) is 0 Å². The summed E-state index contributed by atoms with van der Waals surface area (Å²) < 4.78 is 11.6. The van der Waals surface area contributed by atoms with Crippen molar-refractivity contribution in [3.05, 3.63) is 60.1 Å². The molecule has 4 nitrogen and oxygen atoms in total. The van der Waals surface area contributed by atoms with Crippen molar-refractivity contribution < 1.29 is 9.15 Å². The van der Waals surface area contributed by atoms with E-state index >= 15 is 0 Å². The van der Waals surface area contributed by atoms with E-state index in [4.69, 9.17) is 9.15 Å². The van der Waals surface area contributed by atoms with Crippen LogP contribution in [0.1, 0.15) is 37.0 Å². The highest BCUT2D eigenvalue weighted by Crippen LogP contribution is 2.22. The third-order valence-electron chi connectivity index (χ3n) is 6.04. The summed E-state index contributed by atoms with van der Waals surface area (Å²) in [6, 6.07) is 15.6. The largest absolute Gasteiger partial charge is 0.468 e. The second-order valence-corrected chi connectivity index (χ2v) is 7.95. The van der Waals surface area contributed by atoms with Gasteiger partial charge < -0.3 is 9.15 Å². The van der Waals surface area contributed by atoms with Crippen molar-refractivity contribution in [3.8, 4) is 0 Å². The van der Waals surface area contributed by atoms with Crippen molar-refractivity contribution in [1.82, 2.24) is 9.80 Å². The number of ether oxygens (including phenoxy) is 1. The molecule has 0 N–H and O–H groups in total. The molecule has 2 fully saturated rings. The van der Waals surface area contributed by atoms with E-state index < -0.39 is 0 Å². The minimum atomic E-state index is 0.406. The normalized spacial score (nSPS) is 22.9. The SMILES string of the molecule is c1ccc(CCC[C@H]2CN(C3CCN(Cc4ccco4)CC3)CCO2)cc1. The van der Waals surface area contributed by atoms with Crippen LogP contribution in [0.15, 0.2) is 53.1 Å². The van der Waals surface area contributed by atoms with Crippen LogP contribution in [-0.4, -0.2) is 54.7 Å². The number of hydrogen-bond donors (Lipinski definition) is 0. The molecule has 0 bridgehead atoms. The van der Waals surface area contributed by atoms with E-state index in [2.05, 4.69) is 46.2 Å². The Hall–Kier alpha value is -1.62. The van der Waals surface area contributed by atoms with Crippen LogP contribution in [-0.2, 0) is 17.7 Å². The maximum atomic E-state index is 6.06. The average molecular weight is 369 g/mol. The van der Waals surface area contributed by atoms with E-state index in [0.717, 1.165) is 44.5 Å². The maximum Gasteiger partial charge on any atom is 0.117 e. The molecule has 4 heteroatoms. The Bertz CT molecular complexity index is 650. The Labute approximate surface area is 163 Å². The van der Waals surface area contributed by atoms with Crippen molar-refractivity contribution in [2.45, 2.75) is 50.8 Å². The zero-order valence-electron chi connectivity index (χ0n) is 16.3. The van der Waals surface area contributed by atoms with Crippen LogP contribution >= 0.6 is 0 Å². The summed E-state index contributed by atoms with van der Waals surface area (Å²) in [6.07, 6.45) is 8.24. The second-order valence-electron chi connectivity index (χ2n) is 7.95. The van der Waals surface area contributed by atoms with E-state index in [9.17, 15) is 0 Å². The van der Waals surface area contributed by atoms with Crippen LogP contribution in [0.25, 0.3) is 0 Å². The molecule has 1 aromatic carbocycles. The molecule has 0 unspecified atom stereocenters. The van der Waals surface area contributed by atoms with Gasteiger partial charge in [-0.15, -0.1) is 0 Å². The summed E-state index contributed by atoms with van der Waals surface area (Å²) in [6.45, 7) is 6.38. The Morgan fingerprint density at radius 1 is 0.963 bits per heavy atom. The Morgan fingerprint density at radius 2 is 1.81 bits per heavy atom. The fraction of sp³-hybridized carbons (Fsp3) is 0.565. The lowest BCUT2D eigenvalue weighted by Gasteiger charge is -2.42. The van der Waals surface area contributed by atoms with Gasteiger partial charge in [-0.2, -0.15) is 0 Å². The van der Waals surface area contributed by atoms with Crippen LogP contribution in [0.3, 0.4) is 0 Å². The first-order valence-electron chi connectivity index (χ1n) is 10.5. The fourth-order valence-corrected chi connectivity index (χ4v) is 4.49. The first-order valence-corrected chi connectivity index (χ1v) is 10.5. The molecule has 1 atom stereocenters. The molecule has 2 aliphatic heterocycles. The molecule has 2 aromatic rings. The highest BCUT2D eigenvalue weighted by Gasteiger charge is 2.29. The number of piperidine rings is 1. The molecule has 2 aliphatic rings. The third kappa shape index (κ3) is 5.44. The van der Waals surface area contributed by atoms with Crippen molar-refractivity contribution in [2.75, 3.05) is 32.8 Å². The molecule has 27 heavy (non-hydrogen) atoms. The van der Waals surface area contributed by atoms with Gasteiger partial charge in [0.1, 0.15) is 5.76 Å². The standard InChI is InChI=1S/C23H32N2O2/c1-2-6-20(7-3-1)8-4-9-23-19-25(15-17-27-23)21-11-13-24(14-12-21)18-22-10-5-16-26-22/h1-3,5-7,10,16,21,23H,4,8-9,11-15,17-19H2/t23-/m0/s1. The first kappa shape index (κ1) is 18.7.